The molecule has 0 radical (unpaired) electrons. The van der Waals surface area contributed by atoms with Crippen LogP contribution in [0.5, 0.6) is 0 Å². The van der Waals surface area contributed by atoms with Gasteiger partial charge in [0.15, 0.2) is 4.32 Å². The molecule has 1 aromatic carbocycles. The van der Waals surface area contributed by atoms with Crippen LogP contribution in [0.25, 0.3) is 0 Å². The smallest absolute Gasteiger partial charge is 0.337 e. The van der Waals surface area contributed by atoms with Crippen molar-refractivity contribution in [2.75, 3.05) is 21.3 Å². The molecule has 1 unspecified atom stereocenters. The van der Waals surface area contributed by atoms with Crippen LogP contribution in [0.4, 0.5) is 0 Å². The molecule has 23 heavy (non-hydrogen) atoms. The van der Waals surface area contributed by atoms with Crippen LogP contribution in [0.15, 0.2) is 34.5 Å². The lowest BCUT2D eigenvalue weighted by Crippen LogP contribution is -2.46. The van der Waals surface area contributed by atoms with Gasteiger partial charge in [0, 0.05) is 12.6 Å². The predicted molar refractivity (Wildman–Crippen MR) is 88.9 cm³/mol. The number of hydrazone groups is 1. The minimum absolute atomic E-state index is 0.275. The Morgan fingerprint density at radius 2 is 1.91 bits per heavy atom. The fourth-order valence-corrected chi connectivity index (χ4v) is 2.89. The topological polar surface area (TPSA) is 80.6 Å². The highest BCUT2D eigenvalue weighted by molar-refractivity contribution is 9.11. The largest absolute Gasteiger partial charge is 0.465 e. The van der Waals surface area contributed by atoms with Crippen molar-refractivity contribution in [3.8, 4) is 0 Å². The number of hydrogen-bond acceptors (Lipinski definition) is 6. The summed E-state index contributed by atoms with van der Waals surface area (Å²) in [6.07, 6.45) is 0. The summed E-state index contributed by atoms with van der Waals surface area (Å²) in [5, 5.41) is 9.40. The third-order valence-electron chi connectivity index (χ3n) is 3.47. The Kier molecular flexibility index (Phi) is 4.84. The predicted octanol–water partition coefficient (Wildman–Crippen LogP) is 1.81. The maximum atomic E-state index is 12.5. The third-order valence-corrected chi connectivity index (χ3v) is 4.76. The average molecular weight is 382 g/mol. The molecule has 0 saturated carbocycles. The molecule has 8 heteroatoms. The summed E-state index contributed by atoms with van der Waals surface area (Å²) in [4.78, 5) is 28.8. The SMILES string of the molecule is CO/N=C(\C)C1(Br)C(=O)N(C)N=C1c1ccc(C(=O)OC)cc1. The number of carbonyl (C=O) groups excluding carboxylic acids is 2. The molecular weight excluding hydrogens is 366 g/mol. The first kappa shape index (κ1) is 17.1. The number of alkyl halides is 1. The van der Waals surface area contributed by atoms with Crippen molar-refractivity contribution in [1.82, 2.24) is 5.01 Å². The van der Waals surface area contributed by atoms with Gasteiger partial charge in [0.05, 0.1) is 18.4 Å². The van der Waals surface area contributed by atoms with Crippen LogP contribution >= 0.6 is 15.9 Å². The van der Waals surface area contributed by atoms with E-state index in [0.717, 1.165) is 0 Å². The second-order valence-electron chi connectivity index (χ2n) is 4.86. The molecule has 1 amide bonds. The van der Waals surface area contributed by atoms with Gasteiger partial charge in [0.1, 0.15) is 12.8 Å². The van der Waals surface area contributed by atoms with Gasteiger partial charge in [-0.15, -0.1) is 0 Å². The van der Waals surface area contributed by atoms with Gasteiger partial charge in [-0.2, -0.15) is 5.10 Å². The van der Waals surface area contributed by atoms with Gasteiger partial charge in [-0.1, -0.05) is 33.2 Å². The number of carbonyl (C=O) groups is 2. The lowest BCUT2D eigenvalue weighted by atomic mass is 9.92. The Bertz CT molecular complexity index is 699. The molecule has 0 aromatic heterocycles. The van der Waals surface area contributed by atoms with Crippen molar-refractivity contribution in [3.05, 3.63) is 35.4 Å². The number of oxime groups is 1. The number of halogens is 1. The standard InChI is InChI=1S/C15H16BrN3O4/c1-9(18-23-4)15(16)12(17-19(2)14(15)21)10-5-7-11(8-6-10)13(20)22-3/h5-8H,1-4H3/b18-9+. The van der Waals surface area contributed by atoms with Crippen LogP contribution < -0.4 is 0 Å². The zero-order valence-electron chi connectivity index (χ0n) is 13.2. The minimum Gasteiger partial charge on any atom is -0.465 e. The van der Waals surface area contributed by atoms with Crippen molar-refractivity contribution in [2.45, 2.75) is 11.2 Å². The monoisotopic (exact) mass is 381 g/mol. The summed E-state index contributed by atoms with van der Waals surface area (Å²) < 4.78 is 3.47. The van der Waals surface area contributed by atoms with E-state index in [2.05, 4.69) is 30.9 Å². The maximum absolute atomic E-state index is 12.5. The number of hydrogen-bond donors (Lipinski definition) is 0. The number of rotatable bonds is 4. The summed E-state index contributed by atoms with van der Waals surface area (Å²) >= 11 is 3.46. The number of methoxy groups -OCH3 is 1. The molecule has 0 fully saturated rings. The second-order valence-corrected chi connectivity index (χ2v) is 6.05. The summed E-state index contributed by atoms with van der Waals surface area (Å²) in [5.74, 6) is -0.705. The zero-order valence-corrected chi connectivity index (χ0v) is 14.7. The number of ether oxygens (including phenoxy) is 1. The zero-order chi connectivity index (χ0) is 17.2. The van der Waals surface area contributed by atoms with Crippen LogP contribution in [0, 0.1) is 0 Å². The summed E-state index contributed by atoms with van der Waals surface area (Å²) in [6.45, 7) is 1.67. The van der Waals surface area contributed by atoms with Crippen LogP contribution in [0.3, 0.4) is 0 Å². The Hall–Kier alpha value is -2.22. The summed E-state index contributed by atoms with van der Waals surface area (Å²) in [6, 6.07) is 6.63. The lowest BCUT2D eigenvalue weighted by Gasteiger charge is -2.21. The van der Waals surface area contributed by atoms with E-state index < -0.39 is 10.3 Å². The number of esters is 1. The van der Waals surface area contributed by atoms with Crippen LogP contribution in [-0.4, -0.2) is 53.9 Å². The van der Waals surface area contributed by atoms with Gasteiger partial charge < -0.3 is 9.57 Å². The molecule has 1 atom stereocenters. The number of benzene rings is 1. The Morgan fingerprint density at radius 3 is 2.43 bits per heavy atom. The maximum Gasteiger partial charge on any atom is 0.337 e. The molecular formula is C15H16BrN3O4. The molecule has 0 N–H and O–H groups in total. The van der Waals surface area contributed by atoms with E-state index in [0.29, 0.717) is 22.6 Å². The Balaban J connectivity index is 2.48. The Morgan fingerprint density at radius 1 is 1.30 bits per heavy atom. The van der Waals surface area contributed by atoms with Crippen molar-refractivity contribution in [2.24, 2.45) is 10.3 Å². The number of amides is 1. The third kappa shape index (κ3) is 2.86. The molecule has 0 saturated heterocycles. The first-order valence-corrected chi connectivity index (χ1v) is 7.48. The molecule has 1 aromatic rings. The van der Waals surface area contributed by atoms with E-state index in [1.807, 2.05) is 0 Å². The van der Waals surface area contributed by atoms with Crippen molar-refractivity contribution < 1.29 is 19.2 Å². The van der Waals surface area contributed by atoms with E-state index in [-0.39, 0.29) is 5.91 Å². The van der Waals surface area contributed by atoms with E-state index in [1.54, 1.807) is 38.2 Å². The quantitative estimate of drug-likeness (QED) is 0.344. The number of nitrogens with zero attached hydrogens (tertiary/aromatic N) is 3. The highest BCUT2D eigenvalue weighted by atomic mass is 79.9. The van der Waals surface area contributed by atoms with Crippen LogP contribution in [0.2, 0.25) is 0 Å². The normalized spacial score (nSPS) is 21.3. The Labute approximate surface area is 142 Å². The van der Waals surface area contributed by atoms with Gasteiger partial charge in [0.2, 0.25) is 0 Å². The minimum atomic E-state index is -1.20. The van der Waals surface area contributed by atoms with E-state index in [1.165, 1.54) is 19.2 Å². The average Bonchev–Trinajstić information content (AvgIpc) is 2.80. The molecule has 122 valence electrons. The fourth-order valence-electron chi connectivity index (χ4n) is 2.25. The van der Waals surface area contributed by atoms with Gasteiger partial charge in [-0.3, -0.25) is 4.79 Å². The van der Waals surface area contributed by atoms with Gasteiger partial charge in [-0.05, 0) is 19.1 Å². The van der Waals surface area contributed by atoms with Crippen LogP contribution in [0.1, 0.15) is 22.8 Å². The van der Waals surface area contributed by atoms with Crippen molar-refractivity contribution in [3.63, 3.8) is 0 Å². The first-order valence-electron chi connectivity index (χ1n) is 6.69. The summed E-state index contributed by atoms with van der Waals surface area (Å²) in [5.41, 5.74) is 1.99. The van der Waals surface area contributed by atoms with Gasteiger partial charge >= 0.3 is 5.97 Å². The van der Waals surface area contributed by atoms with Crippen LogP contribution in [-0.2, 0) is 14.4 Å². The molecule has 0 aliphatic carbocycles. The molecule has 0 spiro atoms. The van der Waals surface area contributed by atoms with E-state index in [9.17, 15) is 9.59 Å². The molecule has 1 aliphatic rings. The molecule has 0 bridgehead atoms. The fraction of sp³-hybridized carbons (Fsp3) is 0.333. The molecule has 2 rings (SSSR count). The lowest BCUT2D eigenvalue weighted by molar-refractivity contribution is -0.127. The first-order chi connectivity index (χ1) is 10.9. The van der Waals surface area contributed by atoms with E-state index in [4.69, 9.17) is 4.84 Å². The highest BCUT2D eigenvalue weighted by Crippen LogP contribution is 2.34. The molecule has 7 nitrogen and oxygen atoms in total. The van der Waals surface area contributed by atoms with Crippen molar-refractivity contribution >= 4 is 39.2 Å². The molecule has 1 aliphatic heterocycles. The highest BCUT2D eigenvalue weighted by Gasteiger charge is 2.51. The van der Waals surface area contributed by atoms with Crippen molar-refractivity contribution in [1.29, 1.82) is 0 Å². The second kappa shape index (κ2) is 6.49. The van der Waals surface area contributed by atoms with E-state index >= 15 is 0 Å². The summed E-state index contributed by atoms with van der Waals surface area (Å²) in [7, 11) is 4.29. The molecule has 1 heterocycles. The van der Waals surface area contributed by atoms with Gasteiger partial charge in [-0.25, -0.2) is 9.80 Å². The van der Waals surface area contributed by atoms with Gasteiger partial charge in [0.25, 0.3) is 5.91 Å².